The van der Waals surface area contributed by atoms with Crippen molar-refractivity contribution in [2.75, 3.05) is 5.32 Å². The van der Waals surface area contributed by atoms with E-state index in [1.807, 2.05) is 6.07 Å². The van der Waals surface area contributed by atoms with Crippen LogP contribution < -0.4 is 5.32 Å². The first-order chi connectivity index (χ1) is 13.3. The van der Waals surface area contributed by atoms with E-state index in [4.69, 9.17) is 4.52 Å². The smallest absolute Gasteiger partial charge is 0.156 e. The molecule has 5 nitrogen and oxygen atoms in total. The Hall–Kier alpha value is -2.80. The van der Waals surface area contributed by atoms with Gasteiger partial charge in [0, 0.05) is 16.5 Å². The molecule has 4 aromatic rings. The third kappa shape index (κ3) is 3.08. The van der Waals surface area contributed by atoms with Gasteiger partial charge in [0.05, 0.1) is 11.9 Å². The van der Waals surface area contributed by atoms with Crippen LogP contribution in [0.2, 0.25) is 0 Å². The Kier molecular flexibility index (Phi) is 4.09. The average Bonchev–Trinajstić information content (AvgIpc) is 3.31. The van der Waals surface area contributed by atoms with Gasteiger partial charge >= 0.3 is 0 Å². The number of rotatable bonds is 4. The molecule has 0 saturated heterocycles. The average molecular weight is 380 g/mol. The number of nitrogens with zero attached hydrogens (tertiary/aromatic N) is 3. The van der Waals surface area contributed by atoms with E-state index in [2.05, 4.69) is 20.4 Å². The van der Waals surface area contributed by atoms with Crippen LogP contribution in [-0.4, -0.2) is 15.1 Å². The monoisotopic (exact) mass is 380 g/mol. The van der Waals surface area contributed by atoms with Crippen molar-refractivity contribution in [3.05, 3.63) is 58.7 Å². The van der Waals surface area contributed by atoms with Crippen molar-refractivity contribution in [1.29, 1.82) is 0 Å². The first-order valence-electron chi connectivity index (χ1n) is 8.98. The van der Waals surface area contributed by atoms with Crippen molar-refractivity contribution in [1.82, 2.24) is 15.1 Å². The maximum Gasteiger partial charge on any atom is 0.156 e. The van der Waals surface area contributed by atoms with Crippen LogP contribution in [0.15, 0.2) is 41.2 Å². The number of hydrogen-bond acceptors (Lipinski definition) is 6. The first-order valence-corrected chi connectivity index (χ1v) is 9.80. The van der Waals surface area contributed by atoms with Gasteiger partial charge in [0.15, 0.2) is 5.76 Å². The fraction of sp³-hybridized carbons (Fsp3) is 0.250. The van der Waals surface area contributed by atoms with Gasteiger partial charge in [0.25, 0.3) is 0 Å². The number of fused-ring (bicyclic) bond motifs is 3. The van der Waals surface area contributed by atoms with Crippen molar-refractivity contribution < 1.29 is 8.91 Å². The van der Waals surface area contributed by atoms with Crippen molar-refractivity contribution in [2.24, 2.45) is 0 Å². The number of hydrogen-bond donors (Lipinski definition) is 1. The summed E-state index contributed by atoms with van der Waals surface area (Å²) in [5.74, 6) is 1.28. The fourth-order valence-electron chi connectivity index (χ4n) is 3.55. The molecule has 27 heavy (non-hydrogen) atoms. The van der Waals surface area contributed by atoms with Crippen LogP contribution in [-0.2, 0) is 19.4 Å². The van der Waals surface area contributed by atoms with Crippen LogP contribution in [0.5, 0.6) is 0 Å². The maximum atomic E-state index is 13.1. The molecule has 0 saturated carbocycles. The molecule has 1 aliphatic carbocycles. The lowest BCUT2D eigenvalue weighted by Gasteiger charge is -2.11. The third-order valence-electron chi connectivity index (χ3n) is 4.88. The van der Waals surface area contributed by atoms with Gasteiger partial charge in [0.1, 0.15) is 28.5 Å². The molecule has 0 atom stereocenters. The van der Waals surface area contributed by atoms with Gasteiger partial charge in [0.2, 0.25) is 0 Å². The summed E-state index contributed by atoms with van der Waals surface area (Å²) >= 11 is 1.78. The molecule has 0 bridgehead atoms. The van der Waals surface area contributed by atoms with Crippen molar-refractivity contribution in [3.63, 3.8) is 0 Å². The Morgan fingerprint density at radius 3 is 2.85 bits per heavy atom. The number of aryl methyl sites for hydroxylation is 2. The van der Waals surface area contributed by atoms with E-state index in [0.717, 1.165) is 34.4 Å². The second kappa shape index (κ2) is 6.74. The molecule has 0 amide bonds. The summed E-state index contributed by atoms with van der Waals surface area (Å²) in [5, 5.41) is 8.61. The number of nitrogens with one attached hydrogen (secondary N) is 1. The minimum atomic E-state index is -0.268. The Balaban J connectivity index is 1.39. The standard InChI is InChI=1S/C20H17FN4OS/c21-13-7-5-12(6-8-13)16-9-14(26-25-16)10-22-19-18-15-3-1-2-4-17(15)27-20(18)24-11-23-19/h5-9,11H,1-4,10H2,(H,22,23,24). The van der Waals surface area contributed by atoms with Crippen LogP contribution in [0.25, 0.3) is 21.5 Å². The molecule has 7 heteroatoms. The lowest BCUT2D eigenvalue weighted by Crippen LogP contribution is -2.04. The molecular formula is C20H17FN4OS. The topological polar surface area (TPSA) is 63.8 Å². The molecule has 3 aromatic heterocycles. The molecular weight excluding hydrogens is 363 g/mol. The van der Waals surface area contributed by atoms with Crippen LogP contribution in [0.4, 0.5) is 10.2 Å². The fourth-order valence-corrected chi connectivity index (χ4v) is 4.78. The highest BCUT2D eigenvalue weighted by molar-refractivity contribution is 7.19. The van der Waals surface area contributed by atoms with Gasteiger partial charge in [-0.1, -0.05) is 5.16 Å². The molecule has 0 aliphatic heterocycles. The number of benzene rings is 1. The summed E-state index contributed by atoms with van der Waals surface area (Å²) in [6, 6.07) is 8.08. The van der Waals surface area contributed by atoms with Gasteiger partial charge in [-0.15, -0.1) is 11.3 Å². The van der Waals surface area contributed by atoms with Gasteiger partial charge < -0.3 is 9.84 Å². The van der Waals surface area contributed by atoms with E-state index in [1.54, 1.807) is 29.8 Å². The minimum absolute atomic E-state index is 0.268. The Bertz CT molecular complexity index is 1100. The lowest BCUT2D eigenvalue weighted by molar-refractivity contribution is 0.390. The largest absolute Gasteiger partial charge is 0.362 e. The predicted molar refractivity (Wildman–Crippen MR) is 103 cm³/mol. The zero-order valence-electron chi connectivity index (χ0n) is 14.5. The molecule has 1 aromatic carbocycles. The van der Waals surface area contributed by atoms with Crippen LogP contribution in [0.1, 0.15) is 29.0 Å². The summed E-state index contributed by atoms with van der Waals surface area (Å²) in [4.78, 5) is 11.4. The summed E-state index contributed by atoms with van der Waals surface area (Å²) < 4.78 is 18.5. The highest BCUT2D eigenvalue weighted by Gasteiger charge is 2.20. The number of thiophene rings is 1. The van der Waals surface area contributed by atoms with Crippen molar-refractivity contribution >= 4 is 27.4 Å². The highest BCUT2D eigenvalue weighted by Crippen LogP contribution is 2.38. The minimum Gasteiger partial charge on any atom is -0.362 e. The van der Waals surface area contributed by atoms with E-state index < -0.39 is 0 Å². The van der Waals surface area contributed by atoms with E-state index in [1.165, 1.54) is 35.4 Å². The molecule has 5 rings (SSSR count). The molecule has 1 aliphatic rings. The Labute approximate surface area is 159 Å². The van der Waals surface area contributed by atoms with Gasteiger partial charge in [-0.2, -0.15) is 0 Å². The first kappa shape index (κ1) is 16.4. The van der Waals surface area contributed by atoms with Gasteiger partial charge in [-0.05, 0) is 55.5 Å². The zero-order valence-corrected chi connectivity index (χ0v) is 15.4. The summed E-state index contributed by atoms with van der Waals surface area (Å²) in [6.45, 7) is 0.477. The molecule has 0 spiro atoms. The van der Waals surface area contributed by atoms with Crippen molar-refractivity contribution in [2.45, 2.75) is 32.2 Å². The molecule has 1 N–H and O–H groups in total. The molecule has 0 fully saturated rings. The van der Waals surface area contributed by atoms with E-state index in [9.17, 15) is 4.39 Å². The van der Waals surface area contributed by atoms with E-state index >= 15 is 0 Å². The quantitative estimate of drug-likeness (QED) is 0.541. The predicted octanol–water partition coefficient (Wildman–Crippen LogP) is 4.98. The Morgan fingerprint density at radius 2 is 1.96 bits per heavy atom. The lowest BCUT2D eigenvalue weighted by atomic mass is 9.97. The van der Waals surface area contributed by atoms with Crippen molar-refractivity contribution in [3.8, 4) is 11.3 Å². The van der Waals surface area contributed by atoms with Gasteiger partial charge in [-0.25, -0.2) is 14.4 Å². The molecule has 0 radical (unpaired) electrons. The highest BCUT2D eigenvalue weighted by atomic mass is 32.1. The number of anilines is 1. The maximum absolute atomic E-state index is 13.1. The third-order valence-corrected chi connectivity index (χ3v) is 6.08. The summed E-state index contributed by atoms with van der Waals surface area (Å²) in [5.41, 5.74) is 2.91. The van der Waals surface area contributed by atoms with E-state index in [-0.39, 0.29) is 5.82 Å². The zero-order chi connectivity index (χ0) is 18.2. The van der Waals surface area contributed by atoms with E-state index in [0.29, 0.717) is 18.0 Å². The normalized spacial score (nSPS) is 13.7. The van der Waals surface area contributed by atoms with Crippen LogP contribution in [0, 0.1) is 5.82 Å². The Morgan fingerprint density at radius 1 is 1.11 bits per heavy atom. The summed E-state index contributed by atoms with van der Waals surface area (Å²) in [7, 11) is 0. The molecule has 3 heterocycles. The molecule has 0 unspecified atom stereocenters. The second-order valence-corrected chi connectivity index (χ2v) is 7.74. The van der Waals surface area contributed by atoms with Crippen LogP contribution in [0.3, 0.4) is 0 Å². The van der Waals surface area contributed by atoms with Crippen LogP contribution >= 0.6 is 11.3 Å². The summed E-state index contributed by atoms with van der Waals surface area (Å²) in [6.07, 6.45) is 6.31. The number of aromatic nitrogens is 3. The molecule has 136 valence electrons. The number of halogens is 1. The van der Waals surface area contributed by atoms with Gasteiger partial charge in [-0.3, -0.25) is 0 Å². The second-order valence-electron chi connectivity index (χ2n) is 6.65. The SMILES string of the molecule is Fc1ccc(-c2cc(CNc3ncnc4sc5c(c34)CCCC5)on2)cc1.